The van der Waals surface area contributed by atoms with Gasteiger partial charge < -0.3 is 0 Å². The van der Waals surface area contributed by atoms with Crippen molar-refractivity contribution in [3.05, 3.63) is 48.2 Å². The molecule has 1 aromatic carbocycles. The lowest BCUT2D eigenvalue weighted by Crippen LogP contribution is -1.79. The Morgan fingerprint density at radius 1 is 1.27 bits per heavy atom. The molecule has 0 saturated heterocycles. The number of pyridine rings is 1. The van der Waals surface area contributed by atoms with E-state index >= 15 is 0 Å². The first-order valence-electron chi connectivity index (χ1n) is 4.97. The average molecular weight is 262 g/mol. The Morgan fingerprint density at radius 2 is 2.20 bits per heavy atom. The Bertz CT molecular complexity index is 477. The molecule has 0 atom stereocenters. The highest BCUT2D eigenvalue weighted by atomic mass is 79.9. The molecule has 0 bridgehead atoms. The van der Waals surface area contributed by atoms with E-state index in [1.54, 1.807) is 0 Å². The summed E-state index contributed by atoms with van der Waals surface area (Å²) in [6.45, 7) is 0. The van der Waals surface area contributed by atoms with E-state index in [2.05, 4.69) is 57.3 Å². The molecule has 1 aromatic heterocycles. The van der Waals surface area contributed by atoms with Gasteiger partial charge in [-0.2, -0.15) is 0 Å². The van der Waals surface area contributed by atoms with Crippen molar-refractivity contribution in [1.29, 1.82) is 0 Å². The molecule has 1 nitrogen and oxygen atoms in total. The molecule has 0 spiro atoms. The van der Waals surface area contributed by atoms with Crippen LogP contribution >= 0.6 is 15.9 Å². The summed E-state index contributed by atoms with van der Waals surface area (Å²) < 4.78 is 0. The molecule has 1 heterocycles. The average Bonchev–Trinajstić information content (AvgIpc) is 2.29. The third-order valence-electron chi connectivity index (χ3n) is 2.22. The predicted molar refractivity (Wildman–Crippen MR) is 69.2 cm³/mol. The van der Waals surface area contributed by atoms with Gasteiger partial charge in [0.2, 0.25) is 0 Å². The Balaban J connectivity index is 2.30. The molecule has 0 aliphatic carbocycles. The van der Waals surface area contributed by atoms with Crippen LogP contribution in [0.1, 0.15) is 12.0 Å². The zero-order valence-electron chi connectivity index (χ0n) is 8.36. The second-order valence-corrected chi connectivity index (χ2v) is 4.13. The first kappa shape index (κ1) is 10.4. The van der Waals surface area contributed by atoms with Gasteiger partial charge in [-0.05, 0) is 24.1 Å². The molecule has 2 rings (SSSR count). The van der Waals surface area contributed by atoms with Gasteiger partial charge >= 0.3 is 0 Å². The quantitative estimate of drug-likeness (QED) is 0.761. The van der Waals surface area contributed by atoms with Crippen LogP contribution in [0, 0.1) is 0 Å². The molecule has 15 heavy (non-hydrogen) atoms. The van der Waals surface area contributed by atoms with E-state index in [1.807, 2.05) is 12.3 Å². The summed E-state index contributed by atoms with van der Waals surface area (Å²) in [5, 5.41) is 2.20. The fourth-order valence-corrected chi connectivity index (χ4v) is 1.73. The van der Waals surface area contributed by atoms with E-state index in [-0.39, 0.29) is 0 Å². The molecule has 76 valence electrons. The standard InChI is InChI=1S/C13H12BrN/c14-8-2-1-4-11-6-7-12-5-3-9-15-13(12)10-11/h1,3-7,9-10H,2,8H2/b4-1+. The number of nitrogens with zero attached hydrogens (tertiary/aromatic N) is 1. The fourth-order valence-electron chi connectivity index (χ4n) is 1.47. The monoisotopic (exact) mass is 261 g/mol. The molecule has 0 radical (unpaired) electrons. The summed E-state index contributed by atoms with van der Waals surface area (Å²) in [4.78, 5) is 4.33. The van der Waals surface area contributed by atoms with E-state index in [9.17, 15) is 0 Å². The number of rotatable bonds is 3. The zero-order valence-corrected chi connectivity index (χ0v) is 9.94. The van der Waals surface area contributed by atoms with Crippen LogP contribution in [0.15, 0.2) is 42.6 Å². The topological polar surface area (TPSA) is 12.9 Å². The lowest BCUT2D eigenvalue weighted by atomic mass is 10.1. The summed E-state index contributed by atoms with van der Waals surface area (Å²) in [5.41, 5.74) is 2.26. The van der Waals surface area contributed by atoms with E-state index in [0.717, 1.165) is 17.3 Å². The largest absolute Gasteiger partial charge is 0.256 e. The number of benzene rings is 1. The normalized spacial score (nSPS) is 11.3. The van der Waals surface area contributed by atoms with Crippen molar-refractivity contribution in [2.75, 3.05) is 5.33 Å². The van der Waals surface area contributed by atoms with E-state index in [4.69, 9.17) is 0 Å². The number of alkyl halides is 1. The number of hydrogen-bond donors (Lipinski definition) is 0. The van der Waals surface area contributed by atoms with Gasteiger partial charge in [-0.3, -0.25) is 4.98 Å². The zero-order chi connectivity index (χ0) is 10.5. The van der Waals surface area contributed by atoms with Crippen LogP contribution in [0.25, 0.3) is 17.0 Å². The molecule has 0 N–H and O–H groups in total. The molecule has 2 heteroatoms. The van der Waals surface area contributed by atoms with Crippen LogP contribution < -0.4 is 0 Å². The third-order valence-corrected chi connectivity index (χ3v) is 2.67. The maximum absolute atomic E-state index is 4.33. The molecule has 0 aliphatic rings. The smallest absolute Gasteiger partial charge is 0.0707 e. The summed E-state index contributed by atoms with van der Waals surface area (Å²) in [6, 6.07) is 10.4. The van der Waals surface area contributed by atoms with E-state index in [0.29, 0.717) is 0 Å². The molecule has 0 aliphatic heterocycles. The summed E-state index contributed by atoms with van der Waals surface area (Å²) in [5.74, 6) is 0. The summed E-state index contributed by atoms with van der Waals surface area (Å²) >= 11 is 3.40. The fraction of sp³-hybridized carbons (Fsp3) is 0.154. The van der Waals surface area contributed by atoms with Crippen LogP contribution in [0.3, 0.4) is 0 Å². The minimum Gasteiger partial charge on any atom is -0.256 e. The molecule has 0 amide bonds. The highest BCUT2D eigenvalue weighted by molar-refractivity contribution is 9.09. The molecule has 0 saturated carbocycles. The SMILES string of the molecule is BrCC/C=C/c1ccc2cccnc2c1. The summed E-state index contributed by atoms with van der Waals surface area (Å²) in [6.07, 6.45) is 7.18. The van der Waals surface area contributed by atoms with Crippen LogP contribution in [0.2, 0.25) is 0 Å². The van der Waals surface area contributed by atoms with Crippen molar-refractivity contribution < 1.29 is 0 Å². The molecule has 2 aromatic rings. The molecular formula is C13H12BrN. The molecule has 0 unspecified atom stereocenters. The minimum absolute atomic E-state index is 1.01. The maximum Gasteiger partial charge on any atom is 0.0707 e. The van der Waals surface area contributed by atoms with Crippen LogP contribution in [0.5, 0.6) is 0 Å². The van der Waals surface area contributed by atoms with Gasteiger partial charge in [-0.15, -0.1) is 0 Å². The second kappa shape index (κ2) is 5.08. The number of hydrogen-bond acceptors (Lipinski definition) is 1. The predicted octanol–water partition coefficient (Wildman–Crippen LogP) is 4.03. The van der Waals surface area contributed by atoms with Crippen molar-refractivity contribution in [3.63, 3.8) is 0 Å². The number of allylic oxidation sites excluding steroid dienone is 1. The highest BCUT2D eigenvalue weighted by Crippen LogP contribution is 2.14. The lowest BCUT2D eigenvalue weighted by molar-refractivity contribution is 1.27. The minimum atomic E-state index is 1.01. The lowest BCUT2D eigenvalue weighted by Gasteiger charge is -1.97. The number of fused-ring (bicyclic) bond motifs is 1. The van der Waals surface area contributed by atoms with Gasteiger partial charge in [-0.1, -0.05) is 46.3 Å². The van der Waals surface area contributed by atoms with Crippen molar-refractivity contribution in [1.82, 2.24) is 4.98 Å². The molecule has 0 fully saturated rings. The second-order valence-electron chi connectivity index (χ2n) is 3.34. The van der Waals surface area contributed by atoms with Crippen molar-refractivity contribution in [2.24, 2.45) is 0 Å². The highest BCUT2D eigenvalue weighted by Gasteiger charge is 1.93. The van der Waals surface area contributed by atoms with Crippen molar-refractivity contribution in [2.45, 2.75) is 6.42 Å². The number of aromatic nitrogens is 1. The Kier molecular flexibility index (Phi) is 3.51. The van der Waals surface area contributed by atoms with E-state index < -0.39 is 0 Å². The van der Waals surface area contributed by atoms with E-state index in [1.165, 1.54) is 10.9 Å². The third kappa shape index (κ3) is 2.66. The summed E-state index contributed by atoms with van der Waals surface area (Å²) in [7, 11) is 0. The van der Waals surface area contributed by atoms with Gasteiger partial charge in [0.05, 0.1) is 5.52 Å². The van der Waals surface area contributed by atoms with Gasteiger partial charge in [-0.25, -0.2) is 0 Å². The van der Waals surface area contributed by atoms with Gasteiger partial charge in [0.15, 0.2) is 0 Å². The van der Waals surface area contributed by atoms with Crippen LogP contribution in [-0.4, -0.2) is 10.3 Å². The van der Waals surface area contributed by atoms with Crippen molar-refractivity contribution in [3.8, 4) is 0 Å². The van der Waals surface area contributed by atoms with Gasteiger partial charge in [0.1, 0.15) is 0 Å². The number of halogens is 1. The Morgan fingerprint density at radius 3 is 3.07 bits per heavy atom. The van der Waals surface area contributed by atoms with Crippen LogP contribution in [0.4, 0.5) is 0 Å². The van der Waals surface area contributed by atoms with Crippen molar-refractivity contribution >= 4 is 32.9 Å². The van der Waals surface area contributed by atoms with Crippen LogP contribution in [-0.2, 0) is 0 Å². The maximum atomic E-state index is 4.33. The Hall–Kier alpha value is -1.15. The molecular weight excluding hydrogens is 250 g/mol. The van der Waals surface area contributed by atoms with Gasteiger partial charge in [0.25, 0.3) is 0 Å². The first-order chi connectivity index (χ1) is 7.40. The Labute approximate surface area is 98.0 Å². The van der Waals surface area contributed by atoms with Gasteiger partial charge in [0, 0.05) is 16.9 Å². The first-order valence-corrected chi connectivity index (χ1v) is 6.09.